The van der Waals surface area contributed by atoms with E-state index in [0.717, 1.165) is 67.4 Å². The number of hydrogen-bond acceptors (Lipinski definition) is 5. The Morgan fingerprint density at radius 3 is 2.59 bits per heavy atom. The predicted octanol–water partition coefficient (Wildman–Crippen LogP) is 7.47. The molecule has 1 aliphatic rings. The van der Waals surface area contributed by atoms with Crippen LogP contribution in [0.5, 0.6) is 5.75 Å². The second-order valence-electron chi connectivity index (χ2n) is 9.09. The van der Waals surface area contributed by atoms with E-state index in [2.05, 4.69) is 22.5 Å². The average molecular weight is 561 g/mol. The molecule has 0 spiro atoms. The van der Waals surface area contributed by atoms with Crippen LogP contribution in [0.1, 0.15) is 82.2 Å². The molecule has 0 saturated carbocycles. The molecular weight excluding hydrogens is 529 g/mol. The van der Waals surface area contributed by atoms with Crippen LogP contribution in [0.25, 0.3) is 0 Å². The van der Waals surface area contributed by atoms with Gasteiger partial charge < -0.3 is 15.4 Å². The number of anilines is 1. The molecule has 2 amide bonds. The Kier molecular flexibility index (Phi) is 9.83. The highest BCUT2D eigenvalue weighted by molar-refractivity contribution is 7.17. The van der Waals surface area contributed by atoms with Gasteiger partial charge in [-0.15, -0.1) is 11.3 Å². The number of pyridine rings is 1. The molecular formula is C28H31Cl2N3O3S. The minimum absolute atomic E-state index is 0.207. The standard InChI is InChI=1S/C28H31Cl2N3O3S/c1-2-3-4-7-13-36-25-21(29)14-19(15-22(25)30)26(34)33-28-24(20-10-5-6-11-23(20)37-28)27(35)32-17-18-9-8-12-31-16-18/h8-9,12,14-16H,2-7,10-11,13,17H2,1H3,(H,32,35)(H,33,34). The Hall–Kier alpha value is -2.61. The Bertz CT molecular complexity index is 1220. The zero-order valence-electron chi connectivity index (χ0n) is 20.9. The number of rotatable bonds is 11. The number of aryl methyl sites for hydroxylation is 1. The molecule has 0 saturated heterocycles. The molecule has 3 aromatic rings. The van der Waals surface area contributed by atoms with Crippen LogP contribution in [0, 0.1) is 0 Å². The summed E-state index contributed by atoms with van der Waals surface area (Å²) in [6.45, 7) is 3.03. The number of halogens is 2. The second kappa shape index (κ2) is 13.3. The van der Waals surface area contributed by atoms with Crippen LogP contribution in [-0.4, -0.2) is 23.4 Å². The number of carbonyl (C=O) groups excluding carboxylic acids is 2. The van der Waals surface area contributed by atoms with Crippen LogP contribution in [0.3, 0.4) is 0 Å². The molecule has 1 aliphatic carbocycles. The summed E-state index contributed by atoms with van der Waals surface area (Å²) in [6.07, 6.45) is 11.5. The quantitative estimate of drug-likeness (QED) is 0.239. The fourth-order valence-corrected chi connectivity index (χ4v) is 6.25. The van der Waals surface area contributed by atoms with Gasteiger partial charge in [-0.1, -0.05) is 55.5 Å². The topological polar surface area (TPSA) is 80.3 Å². The summed E-state index contributed by atoms with van der Waals surface area (Å²) in [4.78, 5) is 31.7. The molecule has 4 rings (SSSR count). The number of aromatic nitrogens is 1. The highest BCUT2D eigenvalue weighted by atomic mass is 35.5. The second-order valence-corrected chi connectivity index (χ2v) is 11.0. The summed E-state index contributed by atoms with van der Waals surface area (Å²) in [5.41, 5.74) is 2.78. The third kappa shape index (κ3) is 7.03. The van der Waals surface area contributed by atoms with Crippen molar-refractivity contribution in [1.82, 2.24) is 10.3 Å². The van der Waals surface area contributed by atoms with E-state index < -0.39 is 0 Å². The SMILES string of the molecule is CCCCCCOc1c(Cl)cc(C(=O)Nc2sc3c(c2C(=O)NCc2cccnc2)CCCC3)cc1Cl. The van der Waals surface area contributed by atoms with Gasteiger partial charge in [-0.05, 0) is 61.4 Å². The molecule has 2 aromatic heterocycles. The van der Waals surface area contributed by atoms with Gasteiger partial charge in [-0.3, -0.25) is 14.6 Å². The Labute approximate surface area is 231 Å². The number of nitrogens with zero attached hydrogens (tertiary/aromatic N) is 1. The predicted molar refractivity (Wildman–Crippen MR) is 150 cm³/mol. The lowest BCUT2D eigenvalue weighted by Gasteiger charge is -2.14. The first kappa shape index (κ1) is 27.4. The third-order valence-corrected chi connectivity index (χ3v) is 8.07. The molecule has 6 nitrogen and oxygen atoms in total. The maximum atomic E-state index is 13.3. The molecule has 37 heavy (non-hydrogen) atoms. The van der Waals surface area contributed by atoms with E-state index in [1.54, 1.807) is 24.5 Å². The molecule has 9 heteroatoms. The van der Waals surface area contributed by atoms with Crippen molar-refractivity contribution in [2.45, 2.75) is 64.8 Å². The first-order valence-electron chi connectivity index (χ1n) is 12.7. The van der Waals surface area contributed by atoms with E-state index in [4.69, 9.17) is 27.9 Å². The number of unbranched alkanes of at least 4 members (excludes halogenated alkanes) is 3. The molecule has 0 fully saturated rings. The minimum atomic E-state index is -0.377. The first-order valence-corrected chi connectivity index (χ1v) is 14.3. The number of nitrogens with one attached hydrogen (secondary N) is 2. The fraction of sp³-hybridized carbons (Fsp3) is 0.393. The van der Waals surface area contributed by atoms with Crippen molar-refractivity contribution < 1.29 is 14.3 Å². The smallest absolute Gasteiger partial charge is 0.256 e. The third-order valence-electron chi connectivity index (χ3n) is 6.31. The van der Waals surface area contributed by atoms with Crippen LogP contribution in [0.4, 0.5) is 5.00 Å². The molecule has 0 aliphatic heterocycles. The zero-order chi connectivity index (χ0) is 26.2. The van der Waals surface area contributed by atoms with Crippen molar-refractivity contribution in [2.24, 2.45) is 0 Å². The van der Waals surface area contributed by atoms with Gasteiger partial charge in [0.1, 0.15) is 5.00 Å². The average Bonchev–Trinajstić information content (AvgIpc) is 3.26. The van der Waals surface area contributed by atoms with Gasteiger partial charge in [0, 0.05) is 29.4 Å². The summed E-state index contributed by atoms with van der Waals surface area (Å²) in [6, 6.07) is 6.85. The number of ether oxygens (including phenoxy) is 1. The molecule has 196 valence electrons. The lowest BCUT2D eigenvalue weighted by Crippen LogP contribution is -2.25. The molecule has 0 bridgehead atoms. The Balaban J connectivity index is 1.50. The van der Waals surface area contributed by atoms with Crippen molar-refractivity contribution in [3.63, 3.8) is 0 Å². The van der Waals surface area contributed by atoms with Gasteiger partial charge in [0.2, 0.25) is 0 Å². The number of amides is 2. The molecule has 0 radical (unpaired) electrons. The fourth-order valence-electron chi connectivity index (χ4n) is 4.37. The summed E-state index contributed by atoms with van der Waals surface area (Å²) >= 11 is 14.3. The number of hydrogen-bond donors (Lipinski definition) is 2. The van der Waals surface area contributed by atoms with E-state index in [9.17, 15) is 9.59 Å². The van der Waals surface area contributed by atoms with Gasteiger partial charge in [0.25, 0.3) is 11.8 Å². The summed E-state index contributed by atoms with van der Waals surface area (Å²) in [5, 5.41) is 7.05. The van der Waals surface area contributed by atoms with E-state index >= 15 is 0 Å². The Morgan fingerprint density at radius 1 is 1.08 bits per heavy atom. The molecule has 2 heterocycles. The summed E-state index contributed by atoms with van der Waals surface area (Å²) < 4.78 is 5.79. The van der Waals surface area contributed by atoms with Gasteiger partial charge in [0.05, 0.1) is 22.2 Å². The van der Waals surface area contributed by atoms with Crippen LogP contribution in [0.15, 0.2) is 36.7 Å². The lowest BCUT2D eigenvalue weighted by atomic mass is 9.95. The molecule has 0 atom stereocenters. The van der Waals surface area contributed by atoms with Crippen LogP contribution >= 0.6 is 34.5 Å². The van der Waals surface area contributed by atoms with Crippen LogP contribution < -0.4 is 15.4 Å². The summed E-state index contributed by atoms with van der Waals surface area (Å²) in [5.74, 6) is -0.196. The highest BCUT2D eigenvalue weighted by Gasteiger charge is 2.27. The zero-order valence-corrected chi connectivity index (χ0v) is 23.2. The number of fused-ring (bicyclic) bond motifs is 1. The van der Waals surface area contributed by atoms with Gasteiger partial charge in [-0.2, -0.15) is 0 Å². The Morgan fingerprint density at radius 2 is 1.86 bits per heavy atom. The molecule has 1 aromatic carbocycles. The van der Waals surface area contributed by atoms with Crippen molar-refractivity contribution in [3.8, 4) is 5.75 Å². The van der Waals surface area contributed by atoms with Crippen LogP contribution in [0.2, 0.25) is 10.0 Å². The van der Waals surface area contributed by atoms with E-state index in [0.29, 0.717) is 35.0 Å². The number of benzene rings is 1. The van der Waals surface area contributed by atoms with E-state index in [1.807, 2.05) is 12.1 Å². The van der Waals surface area contributed by atoms with Crippen molar-refractivity contribution >= 4 is 51.4 Å². The van der Waals surface area contributed by atoms with E-state index in [-0.39, 0.29) is 21.9 Å². The summed E-state index contributed by atoms with van der Waals surface area (Å²) in [7, 11) is 0. The maximum absolute atomic E-state index is 13.3. The monoisotopic (exact) mass is 559 g/mol. The largest absolute Gasteiger partial charge is 0.490 e. The lowest BCUT2D eigenvalue weighted by molar-refractivity contribution is 0.0951. The van der Waals surface area contributed by atoms with Gasteiger partial charge in [0.15, 0.2) is 5.75 Å². The normalized spacial score (nSPS) is 12.6. The van der Waals surface area contributed by atoms with Gasteiger partial charge in [-0.25, -0.2) is 0 Å². The number of thiophene rings is 1. The molecule has 0 unspecified atom stereocenters. The maximum Gasteiger partial charge on any atom is 0.256 e. The van der Waals surface area contributed by atoms with Crippen molar-refractivity contribution in [1.29, 1.82) is 0 Å². The molecule has 2 N–H and O–H groups in total. The van der Waals surface area contributed by atoms with Gasteiger partial charge >= 0.3 is 0 Å². The van der Waals surface area contributed by atoms with Crippen molar-refractivity contribution in [3.05, 3.63) is 73.8 Å². The number of carbonyl (C=O) groups is 2. The highest BCUT2D eigenvalue weighted by Crippen LogP contribution is 2.39. The minimum Gasteiger partial charge on any atom is -0.490 e. The van der Waals surface area contributed by atoms with Crippen LogP contribution in [-0.2, 0) is 19.4 Å². The van der Waals surface area contributed by atoms with E-state index in [1.165, 1.54) is 11.3 Å². The first-order chi connectivity index (χ1) is 18.0. The van der Waals surface area contributed by atoms with Crippen molar-refractivity contribution in [2.75, 3.05) is 11.9 Å².